The van der Waals surface area contributed by atoms with Gasteiger partial charge in [-0.25, -0.2) is 9.97 Å². The molecule has 0 fully saturated rings. The van der Waals surface area contributed by atoms with Gasteiger partial charge >= 0.3 is 0 Å². The Bertz CT molecular complexity index is 3800. The van der Waals surface area contributed by atoms with Crippen LogP contribution in [0.1, 0.15) is 17.1 Å². The van der Waals surface area contributed by atoms with Gasteiger partial charge in [-0.3, -0.25) is 0 Å². The number of rotatable bonds is 6. The van der Waals surface area contributed by atoms with Crippen LogP contribution in [0.2, 0.25) is 0 Å². The van der Waals surface area contributed by atoms with E-state index in [9.17, 15) is 0 Å². The summed E-state index contributed by atoms with van der Waals surface area (Å²) in [7, 11) is 0. The molecule has 0 atom stereocenters. The summed E-state index contributed by atoms with van der Waals surface area (Å²) < 4.78 is 7.44. The molecule has 0 bridgehead atoms. The van der Waals surface area contributed by atoms with Crippen molar-refractivity contribution >= 4 is 65.4 Å². The largest absolute Gasteiger partial charge is 0.309 e. The van der Waals surface area contributed by atoms with Crippen molar-refractivity contribution in [1.29, 1.82) is 0 Å². The zero-order chi connectivity index (χ0) is 44.0. The smallest absolute Gasteiger partial charge is 0.126 e. The highest BCUT2D eigenvalue weighted by molar-refractivity contribution is 6.14. The van der Waals surface area contributed by atoms with E-state index in [0.717, 1.165) is 95.2 Å². The van der Waals surface area contributed by atoms with Crippen LogP contribution in [0.25, 0.3) is 116 Å². The van der Waals surface area contributed by atoms with E-state index in [2.05, 4.69) is 234 Å². The fourth-order valence-electron chi connectivity index (χ4n) is 10.8. The van der Waals surface area contributed by atoms with Crippen molar-refractivity contribution in [3.8, 4) is 50.6 Å². The monoisotopic (exact) mass is 845 g/mol. The van der Waals surface area contributed by atoms with E-state index in [4.69, 9.17) is 9.97 Å². The van der Waals surface area contributed by atoms with Gasteiger partial charge in [-0.1, -0.05) is 139 Å². The van der Waals surface area contributed by atoms with Crippen LogP contribution in [-0.2, 0) is 0 Å². The van der Waals surface area contributed by atoms with Gasteiger partial charge in [0.05, 0.1) is 55.9 Å². The van der Waals surface area contributed by atoms with Crippen molar-refractivity contribution < 1.29 is 0 Å². The van der Waals surface area contributed by atoms with Crippen molar-refractivity contribution in [3.05, 3.63) is 223 Å². The molecule has 0 spiro atoms. The molecule has 4 heterocycles. The average molecular weight is 846 g/mol. The molecule has 0 aliphatic rings. The summed E-state index contributed by atoms with van der Waals surface area (Å²) in [5.41, 5.74) is 18.7. The first kappa shape index (κ1) is 38.0. The second-order valence-corrected chi connectivity index (χ2v) is 17.5. The van der Waals surface area contributed by atoms with Crippen LogP contribution < -0.4 is 0 Å². The number of hydrogen-bond acceptors (Lipinski definition) is 2. The van der Waals surface area contributed by atoms with Gasteiger partial charge in [0.25, 0.3) is 0 Å². The number of nitrogens with zero attached hydrogens (tertiary/aromatic N) is 5. The van der Waals surface area contributed by atoms with Crippen LogP contribution in [0, 0.1) is 20.8 Å². The van der Waals surface area contributed by atoms with E-state index in [1.165, 1.54) is 37.9 Å². The second kappa shape index (κ2) is 14.8. The first-order valence-corrected chi connectivity index (χ1v) is 22.7. The molecular weight excluding hydrogens is 803 g/mol. The molecular formula is C61H43N5. The molecule has 9 aromatic carbocycles. The minimum atomic E-state index is 0.742. The molecule has 0 saturated heterocycles. The first-order chi connectivity index (χ1) is 32.5. The van der Waals surface area contributed by atoms with Gasteiger partial charge < -0.3 is 13.7 Å². The van der Waals surface area contributed by atoms with Gasteiger partial charge in [-0.15, -0.1) is 0 Å². The highest BCUT2D eigenvalue weighted by Crippen LogP contribution is 2.48. The Labute approximate surface area is 382 Å². The fourth-order valence-corrected chi connectivity index (χ4v) is 10.8. The van der Waals surface area contributed by atoms with E-state index < -0.39 is 0 Å². The number of hydrogen-bond donors (Lipinski definition) is 0. The molecule has 0 saturated carbocycles. The van der Waals surface area contributed by atoms with Gasteiger partial charge in [-0.2, -0.15) is 0 Å². The van der Waals surface area contributed by atoms with Crippen molar-refractivity contribution in [3.63, 3.8) is 0 Å². The number of para-hydroxylation sites is 7. The summed E-state index contributed by atoms with van der Waals surface area (Å²) in [4.78, 5) is 9.90. The van der Waals surface area contributed by atoms with Gasteiger partial charge in [0.1, 0.15) is 5.82 Å². The number of benzene rings is 9. The van der Waals surface area contributed by atoms with Gasteiger partial charge in [0, 0.05) is 65.8 Å². The van der Waals surface area contributed by atoms with Crippen LogP contribution in [0.15, 0.2) is 206 Å². The summed E-state index contributed by atoms with van der Waals surface area (Å²) in [6.07, 6.45) is 0. The Hall–Kier alpha value is -8.54. The fraction of sp³-hybridized carbons (Fsp3) is 0.0492. The summed E-state index contributed by atoms with van der Waals surface area (Å²) in [6.45, 7) is 6.23. The molecule has 13 rings (SSSR count). The molecule has 0 N–H and O–H groups in total. The SMILES string of the molecule is Cc1ccc2c(c1)c1ccccc1n2-c1c(-c2ccccc2-n2c3ccccc3c3ccccc32)cc(-c2cc(C)nc(C)n2)cc1-c1ccccc1-n1c2ccccc2c2ccccc21. The molecule has 5 heteroatoms. The molecule has 0 radical (unpaired) electrons. The van der Waals surface area contributed by atoms with Gasteiger partial charge in [0.2, 0.25) is 0 Å². The lowest BCUT2D eigenvalue weighted by atomic mass is 9.90. The lowest BCUT2D eigenvalue weighted by Crippen LogP contribution is -2.06. The molecule has 0 aliphatic heterocycles. The maximum Gasteiger partial charge on any atom is 0.126 e. The second-order valence-electron chi connectivity index (χ2n) is 17.5. The predicted octanol–water partition coefficient (Wildman–Crippen LogP) is 15.7. The molecule has 312 valence electrons. The predicted molar refractivity (Wildman–Crippen MR) is 276 cm³/mol. The highest BCUT2D eigenvalue weighted by Gasteiger charge is 2.26. The summed E-state index contributed by atoms with van der Waals surface area (Å²) in [6, 6.07) is 75.7. The lowest BCUT2D eigenvalue weighted by Gasteiger charge is -2.24. The Morgan fingerprint density at radius 2 is 0.712 bits per heavy atom. The van der Waals surface area contributed by atoms with E-state index >= 15 is 0 Å². The minimum Gasteiger partial charge on any atom is -0.309 e. The maximum atomic E-state index is 5.16. The molecule has 5 nitrogen and oxygen atoms in total. The van der Waals surface area contributed by atoms with Crippen molar-refractivity contribution in [1.82, 2.24) is 23.7 Å². The Morgan fingerprint density at radius 1 is 0.318 bits per heavy atom. The zero-order valence-corrected chi connectivity index (χ0v) is 36.9. The summed E-state index contributed by atoms with van der Waals surface area (Å²) in [5, 5.41) is 7.33. The maximum absolute atomic E-state index is 5.16. The lowest BCUT2D eigenvalue weighted by molar-refractivity contribution is 1.02. The highest BCUT2D eigenvalue weighted by atomic mass is 15.0. The Morgan fingerprint density at radius 3 is 1.18 bits per heavy atom. The average Bonchev–Trinajstić information content (AvgIpc) is 3.99. The van der Waals surface area contributed by atoms with E-state index in [-0.39, 0.29) is 0 Å². The third-order valence-corrected chi connectivity index (χ3v) is 13.5. The third kappa shape index (κ3) is 5.73. The minimum absolute atomic E-state index is 0.742. The van der Waals surface area contributed by atoms with Crippen molar-refractivity contribution in [2.75, 3.05) is 0 Å². The normalized spacial score (nSPS) is 11.9. The standard InChI is InChI=1S/C61H43N5/c1-38-32-33-60-49(34-38)46-22-8-17-31-59(46)66(60)61-50(47-23-9-15-29-57(47)64-53-25-11-4-18-42(53)43-19-5-12-26-54(43)64)36-41(52-35-39(2)62-40(3)63-52)37-51(61)48-24-10-16-30-58(48)65-55-27-13-6-20-44(55)45-21-7-14-28-56(45)65/h4-37H,1-3H3. The van der Waals surface area contributed by atoms with E-state index in [1.54, 1.807) is 0 Å². The number of aromatic nitrogens is 5. The Balaban J connectivity index is 1.24. The van der Waals surface area contributed by atoms with Gasteiger partial charge in [0.15, 0.2) is 0 Å². The van der Waals surface area contributed by atoms with E-state index in [1.807, 2.05) is 6.92 Å². The van der Waals surface area contributed by atoms with Crippen molar-refractivity contribution in [2.45, 2.75) is 20.8 Å². The first-order valence-electron chi connectivity index (χ1n) is 22.7. The zero-order valence-electron chi connectivity index (χ0n) is 36.9. The summed E-state index contributed by atoms with van der Waals surface area (Å²) >= 11 is 0. The van der Waals surface area contributed by atoms with Crippen LogP contribution in [0.4, 0.5) is 0 Å². The van der Waals surface area contributed by atoms with E-state index in [0.29, 0.717) is 0 Å². The third-order valence-electron chi connectivity index (χ3n) is 13.5. The van der Waals surface area contributed by atoms with Crippen molar-refractivity contribution in [2.24, 2.45) is 0 Å². The molecule has 13 aromatic rings. The van der Waals surface area contributed by atoms with Crippen LogP contribution >= 0.6 is 0 Å². The van der Waals surface area contributed by atoms with Crippen LogP contribution in [0.3, 0.4) is 0 Å². The Kier molecular flexibility index (Phi) is 8.49. The molecule has 4 aromatic heterocycles. The number of aryl methyl sites for hydroxylation is 3. The molecule has 66 heavy (non-hydrogen) atoms. The summed E-state index contributed by atoms with van der Waals surface area (Å²) in [5.74, 6) is 0.742. The molecule has 0 amide bonds. The quantitative estimate of drug-likeness (QED) is 0.167. The topological polar surface area (TPSA) is 40.6 Å². The van der Waals surface area contributed by atoms with Gasteiger partial charge in [-0.05, 0) is 93.6 Å². The number of fused-ring (bicyclic) bond motifs is 9. The van der Waals surface area contributed by atoms with Crippen LogP contribution in [-0.4, -0.2) is 23.7 Å². The molecule has 0 aliphatic carbocycles. The van der Waals surface area contributed by atoms with Crippen LogP contribution in [0.5, 0.6) is 0 Å². The molecule has 0 unspecified atom stereocenters.